The zero-order valence-corrected chi connectivity index (χ0v) is 10.5. The Labute approximate surface area is 110 Å². The van der Waals surface area contributed by atoms with E-state index in [2.05, 4.69) is 10.2 Å². The van der Waals surface area contributed by atoms with E-state index in [1.54, 1.807) is 6.07 Å². The maximum absolute atomic E-state index is 10.6. The molecule has 1 aromatic rings. The highest BCUT2D eigenvalue weighted by molar-refractivity contribution is 6.33. The Hall–Kier alpha value is -1.04. The van der Waals surface area contributed by atoms with Crippen LogP contribution in [0.3, 0.4) is 0 Å². The molecule has 0 bridgehead atoms. The van der Waals surface area contributed by atoms with Crippen molar-refractivity contribution in [2.45, 2.75) is 0 Å². The van der Waals surface area contributed by atoms with Gasteiger partial charge in [0.05, 0.1) is 15.6 Å². The maximum Gasteiger partial charge on any atom is 0.271 e. The van der Waals surface area contributed by atoms with E-state index < -0.39 is 4.92 Å². The van der Waals surface area contributed by atoms with Gasteiger partial charge in [0.2, 0.25) is 0 Å². The quantitative estimate of drug-likeness (QED) is 0.537. The van der Waals surface area contributed by atoms with Gasteiger partial charge in [0.1, 0.15) is 0 Å². The molecule has 0 radical (unpaired) electrons. The third kappa shape index (κ3) is 3.21. The molecule has 5 nitrogen and oxygen atoms in total. The second kappa shape index (κ2) is 6.05. The van der Waals surface area contributed by atoms with Crippen molar-refractivity contribution in [3.63, 3.8) is 0 Å². The van der Waals surface area contributed by atoms with Crippen LogP contribution in [0.2, 0.25) is 5.02 Å². The van der Waals surface area contributed by atoms with Gasteiger partial charge >= 0.3 is 0 Å². The summed E-state index contributed by atoms with van der Waals surface area (Å²) in [5, 5.41) is 14.2. The third-order valence-electron chi connectivity index (χ3n) is 2.60. The molecule has 1 heterocycles. The molecule has 2 rings (SSSR count). The summed E-state index contributed by atoms with van der Waals surface area (Å²) >= 11 is 6.04. The number of nitrogens with one attached hydrogen (secondary N) is 1. The average molecular weight is 277 g/mol. The Balaban J connectivity index is 0.00000144. The van der Waals surface area contributed by atoms with Crippen LogP contribution in [-0.4, -0.2) is 31.1 Å². The largest absolute Gasteiger partial charge is 1.00 e. The molecule has 1 aromatic carbocycles. The smallest absolute Gasteiger partial charge is 0.271 e. The minimum Gasteiger partial charge on any atom is -1.00 e. The molecule has 1 fully saturated rings. The second-order valence-corrected chi connectivity index (χ2v) is 4.04. The van der Waals surface area contributed by atoms with Gasteiger partial charge in [0.15, 0.2) is 0 Å². The van der Waals surface area contributed by atoms with Gasteiger partial charge in [0.25, 0.3) is 5.69 Å². The number of hydrogen-bond donors (Lipinski definition) is 1. The summed E-state index contributed by atoms with van der Waals surface area (Å²) in [6.45, 7) is 3.57. The van der Waals surface area contributed by atoms with Crippen molar-refractivity contribution in [1.82, 2.24) is 5.32 Å². The molecule has 1 saturated heterocycles. The minimum absolute atomic E-state index is 0. The fourth-order valence-electron chi connectivity index (χ4n) is 1.77. The topological polar surface area (TPSA) is 58.4 Å². The van der Waals surface area contributed by atoms with Crippen molar-refractivity contribution in [2.24, 2.45) is 0 Å². The van der Waals surface area contributed by atoms with E-state index >= 15 is 0 Å². The first-order chi connectivity index (χ1) is 7.68. The molecular formula is C10H12Cl2N3O2-. The Morgan fingerprint density at radius 3 is 2.53 bits per heavy atom. The van der Waals surface area contributed by atoms with Gasteiger partial charge in [-0.15, -0.1) is 0 Å². The Morgan fingerprint density at radius 2 is 2.00 bits per heavy atom. The summed E-state index contributed by atoms with van der Waals surface area (Å²) in [6.07, 6.45) is 0. The zero-order valence-electron chi connectivity index (χ0n) is 9.03. The van der Waals surface area contributed by atoms with E-state index in [4.69, 9.17) is 11.6 Å². The first kappa shape index (κ1) is 14.0. The zero-order chi connectivity index (χ0) is 11.5. The summed E-state index contributed by atoms with van der Waals surface area (Å²) in [7, 11) is 0. The van der Waals surface area contributed by atoms with Gasteiger partial charge in [-0.1, -0.05) is 11.6 Å². The van der Waals surface area contributed by atoms with Crippen LogP contribution in [0.5, 0.6) is 0 Å². The SMILES string of the molecule is O=[N+]([O-])c1ccc(N2CCNCC2)c(Cl)c1.[Cl-]. The van der Waals surface area contributed by atoms with Crippen molar-refractivity contribution in [1.29, 1.82) is 0 Å². The highest BCUT2D eigenvalue weighted by Gasteiger charge is 2.16. The minimum atomic E-state index is -0.437. The molecule has 0 spiro atoms. The summed E-state index contributed by atoms with van der Waals surface area (Å²) in [6, 6.07) is 4.61. The first-order valence-corrected chi connectivity index (χ1v) is 5.46. The van der Waals surface area contributed by atoms with Crippen LogP contribution in [0, 0.1) is 10.1 Å². The Bertz CT molecular complexity index is 409. The molecule has 0 atom stereocenters. The number of anilines is 1. The molecule has 1 N–H and O–H groups in total. The molecule has 0 saturated carbocycles. The van der Waals surface area contributed by atoms with Gasteiger partial charge in [-0.3, -0.25) is 10.1 Å². The summed E-state index contributed by atoms with van der Waals surface area (Å²) < 4.78 is 0. The first-order valence-electron chi connectivity index (χ1n) is 5.08. The van der Waals surface area contributed by atoms with E-state index in [1.165, 1.54) is 12.1 Å². The average Bonchev–Trinajstić information content (AvgIpc) is 2.30. The van der Waals surface area contributed by atoms with Crippen LogP contribution >= 0.6 is 11.6 Å². The number of halogens is 2. The molecule has 1 aliphatic rings. The van der Waals surface area contributed by atoms with Crippen molar-refractivity contribution in [2.75, 3.05) is 31.1 Å². The lowest BCUT2D eigenvalue weighted by Crippen LogP contribution is -3.00. The maximum atomic E-state index is 10.6. The molecule has 0 aromatic heterocycles. The van der Waals surface area contributed by atoms with Gasteiger partial charge in [-0.05, 0) is 6.07 Å². The molecule has 94 valence electrons. The van der Waals surface area contributed by atoms with E-state index in [0.29, 0.717) is 5.02 Å². The summed E-state index contributed by atoms with van der Waals surface area (Å²) in [4.78, 5) is 12.3. The van der Waals surface area contributed by atoms with E-state index in [1.807, 2.05) is 0 Å². The van der Waals surface area contributed by atoms with Gasteiger partial charge in [0, 0.05) is 38.3 Å². The molecule has 17 heavy (non-hydrogen) atoms. The lowest BCUT2D eigenvalue weighted by molar-refractivity contribution is -0.384. The highest BCUT2D eigenvalue weighted by Crippen LogP contribution is 2.29. The van der Waals surface area contributed by atoms with Crippen LogP contribution in [0.4, 0.5) is 11.4 Å². The van der Waals surface area contributed by atoms with E-state index in [-0.39, 0.29) is 18.1 Å². The number of non-ortho nitro benzene ring substituents is 1. The lowest BCUT2D eigenvalue weighted by Gasteiger charge is -2.29. The van der Waals surface area contributed by atoms with Crippen molar-refractivity contribution in [3.05, 3.63) is 33.3 Å². The second-order valence-electron chi connectivity index (χ2n) is 3.63. The highest BCUT2D eigenvalue weighted by atomic mass is 35.5. The number of nitro benzene ring substituents is 1. The van der Waals surface area contributed by atoms with Crippen LogP contribution in [0.1, 0.15) is 0 Å². The fraction of sp³-hybridized carbons (Fsp3) is 0.400. The molecular weight excluding hydrogens is 265 g/mol. The van der Waals surface area contributed by atoms with Crippen LogP contribution in [-0.2, 0) is 0 Å². The molecule has 1 aliphatic heterocycles. The predicted molar refractivity (Wildman–Crippen MR) is 63.2 cm³/mol. The van der Waals surface area contributed by atoms with Crippen LogP contribution in [0.15, 0.2) is 18.2 Å². The standard InChI is InChI=1S/C10H12ClN3O2.ClH/c11-9-7-8(14(15)16)1-2-10(9)13-5-3-12-4-6-13;/h1-2,7,12H,3-6H2;1H/p-1. The Morgan fingerprint density at radius 1 is 1.35 bits per heavy atom. The van der Waals surface area contributed by atoms with Crippen molar-refractivity contribution < 1.29 is 17.3 Å². The summed E-state index contributed by atoms with van der Waals surface area (Å²) in [5.41, 5.74) is 0.901. The molecule has 7 heteroatoms. The van der Waals surface area contributed by atoms with Gasteiger partial charge < -0.3 is 22.6 Å². The third-order valence-corrected chi connectivity index (χ3v) is 2.90. The van der Waals surface area contributed by atoms with Crippen molar-refractivity contribution in [3.8, 4) is 0 Å². The molecule has 0 unspecified atom stereocenters. The predicted octanol–water partition coefficient (Wildman–Crippen LogP) is -1.34. The van der Waals surface area contributed by atoms with Crippen molar-refractivity contribution >= 4 is 23.0 Å². The van der Waals surface area contributed by atoms with Gasteiger partial charge in [-0.2, -0.15) is 0 Å². The Kier molecular flexibility index (Phi) is 4.99. The lowest BCUT2D eigenvalue weighted by atomic mass is 10.2. The van der Waals surface area contributed by atoms with E-state index in [0.717, 1.165) is 31.9 Å². The van der Waals surface area contributed by atoms with Gasteiger partial charge in [-0.25, -0.2) is 0 Å². The number of hydrogen-bond acceptors (Lipinski definition) is 4. The monoisotopic (exact) mass is 276 g/mol. The number of rotatable bonds is 2. The molecule has 0 amide bonds. The van der Waals surface area contributed by atoms with Crippen LogP contribution in [0.25, 0.3) is 0 Å². The summed E-state index contributed by atoms with van der Waals surface area (Å²) in [5.74, 6) is 0. The normalized spacial score (nSPS) is 15.2. The number of benzene rings is 1. The fourth-order valence-corrected chi connectivity index (χ4v) is 2.07. The number of piperazine rings is 1. The number of nitro groups is 1. The van der Waals surface area contributed by atoms with E-state index in [9.17, 15) is 10.1 Å². The number of nitrogens with zero attached hydrogens (tertiary/aromatic N) is 2. The van der Waals surface area contributed by atoms with Crippen LogP contribution < -0.4 is 22.6 Å². The molecule has 0 aliphatic carbocycles.